The Morgan fingerprint density at radius 2 is 1.76 bits per heavy atom. The first-order valence-corrected chi connectivity index (χ1v) is 6.89. The first-order chi connectivity index (χ1) is 10.0. The number of aromatic hydroxyl groups is 2. The number of hydrogen-bond acceptors (Lipinski definition) is 4. The number of phenolic OH excluding ortho intramolecular Hbond substituents is 2. The van der Waals surface area contributed by atoms with Crippen molar-refractivity contribution in [3.8, 4) is 17.2 Å². The number of carbonyl (C=O) groups is 1. The molecule has 0 amide bonds. The standard InChI is InChI=1S/C17H16O4/c1-2-17(12-4-7-13(18)8-5-12)10-11-3-6-14(19)9-15(11)21-16(17)20/h3-9,18-19H,2,10H2,1H3. The van der Waals surface area contributed by atoms with Crippen LogP contribution in [0.3, 0.4) is 0 Å². The number of ether oxygens (including phenoxy) is 1. The molecule has 2 aromatic rings. The minimum Gasteiger partial charge on any atom is -0.508 e. The van der Waals surface area contributed by atoms with Crippen LogP contribution in [0.15, 0.2) is 42.5 Å². The quantitative estimate of drug-likeness (QED) is 0.657. The molecular weight excluding hydrogens is 268 g/mol. The predicted octanol–water partition coefficient (Wildman–Crippen LogP) is 2.91. The largest absolute Gasteiger partial charge is 0.508 e. The second-order valence-corrected chi connectivity index (χ2v) is 5.34. The minimum atomic E-state index is -0.752. The fourth-order valence-corrected chi connectivity index (χ4v) is 2.85. The van der Waals surface area contributed by atoms with E-state index >= 15 is 0 Å². The molecule has 0 saturated carbocycles. The monoisotopic (exact) mass is 284 g/mol. The first-order valence-electron chi connectivity index (χ1n) is 6.89. The molecule has 108 valence electrons. The summed E-state index contributed by atoms with van der Waals surface area (Å²) in [6.45, 7) is 1.94. The van der Waals surface area contributed by atoms with Gasteiger partial charge in [0.25, 0.3) is 0 Å². The lowest BCUT2D eigenvalue weighted by molar-refractivity contribution is -0.142. The average Bonchev–Trinajstić information content (AvgIpc) is 2.47. The van der Waals surface area contributed by atoms with Gasteiger partial charge in [0.15, 0.2) is 0 Å². The van der Waals surface area contributed by atoms with Crippen LogP contribution in [0.5, 0.6) is 17.2 Å². The van der Waals surface area contributed by atoms with Gasteiger partial charge in [-0.25, -0.2) is 0 Å². The molecule has 2 N–H and O–H groups in total. The van der Waals surface area contributed by atoms with Gasteiger partial charge in [-0.3, -0.25) is 4.79 Å². The molecule has 0 spiro atoms. The van der Waals surface area contributed by atoms with Crippen molar-refractivity contribution < 1.29 is 19.7 Å². The molecule has 1 unspecified atom stereocenters. The lowest BCUT2D eigenvalue weighted by Gasteiger charge is -2.35. The zero-order valence-electron chi connectivity index (χ0n) is 11.7. The number of phenols is 2. The summed E-state index contributed by atoms with van der Waals surface area (Å²) in [4.78, 5) is 12.5. The Morgan fingerprint density at radius 1 is 1.10 bits per heavy atom. The van der Waals surface area contributed by atoms with Crippen molar-refractivity contribution in [3.63, 3.8) is 0 Å². The third-order valence-electron chi connectivity index (χ3n) is 4.16. The molecule has 0 saturated heterocycles. The van der Waals surface area contributed by atoms with E-state index in [0.29, 0.717) is 18.6 Å². The minimum absolute atomic E-state index is 0.0789. The van der Waals surface area contributed by atoms with Gasteiger partial charge in [0.2, 0.25) is 0 Å². The van der Waals surface area contributed by atoms with Crippen molar-refractivity contribution in [2.45, 2.75) is 25.2 Å². The van der Waals surface area contributed by atoms with Gasteiger partial charge in [-0.2, -0.15) is 0 Å². The highest BCUT2D eigenvalue weighted by Gasteiger charge is 2.44. The Kier molecular flexibility index (Phi) is 3.09. The molecule has 0 aliphatic carbocycles. The van der Waals surface area contributed by atoms with Crippen LogP contribution in [0.25, 0.3) is 0 Å². The summed E-state index contributed by atoms with van der Waals surface area (Å²) in [6.07, 6.45) is 1.11. The van der Waals surface area contributed by atoms with Crippen molar-refractivity contribution in [1.29, 1.82) is 0 Å². The van der Waals surface area contributed by atoms with E-state index in [0.717, 1.165) is 11.1 Å². The summed E-state index contributed by atoms with van der Waals surface area (Å²) in [6, 6.07) is 11.5. The number of carbonyl (C=O) groups excluding carboxylic acids is 1. The second-order valence-electron chi connectivity index (χ2n) is 5.34. The SMILES string of the molecule is CCC1(c2ccc(O)cc2)Cc2ccc(O)cc2OC1=O. The molecule has 1 aliphatic rings. The van der Waals surface area contributed by atoms with Crippen LogP contribution in [0.1, 0.15) is 24.5 Å². The lowest BCUT2D eigenvalue weighted by Crippen LogP contribution is -2.43. The maximum Gasteiger partial charge on any atom is 0.322 e. The zero-order chi connectivity index (χ0) is 15.0. The first kappa shape index (κ1) is 13.5. The summed E-state index contributed by atoms with van der Waals surface area (Å²) >= 11 is 0. The number of rotatable bonds is 2. The molecule has 1 aliphatic heterocycles. The van der Waals surface area contributed by atoms with E-state index in [2.05, 4.69) is 0 Å². The molecular formula is C17H16O4. The Bertz CT molecular complexity index is 690. The maximum absolute atomic E-state index is 12.5. The summed E-state index contributed by atoms with van der Waals surface area (Å²) < 4.78 is 5.44. The fraction of sp³-hybridized carbons (Fsp3) is 0.235. The van der Waals surface area contributed by atoms with E-state index in [1.54, 1.807) is 36.4 Å². The summed E-state index contributed by atoms with van der Waals surface area (Å²) in [5, 5.41) is 18.9. The lowest BCUT2D eigenvalue weighted by atomic mass is 9.72. The van der Waals surface area contributed by atoms with Crippen LogP contribution in [0.2, 0.25) is 0 Å². The van der Waals surface area contributed by atoms with Crippen LogP contribution < -0.4 is 4.74 Å². The highest BCUT2D eigenvalue weighted by Crippen LogP contribution is 2.41. The van der Waals surface area contributed by atoms with Crippen molar-refractivity contribution >= 4 is 5.97 Å². The summed E-state index contributed by atoms with van der Waals surface area (Å²) in [5.41, 5.74) is 0.964. The predicted molar refractivity (Wildman–Crippen MR) is 77.5 cm³/mol. The van der Waals surface area contributed by atoms with E-state index in [-0.39, 0.29) is 17.5 Å². The Hall–Kier alpha value is -2.49. The molecule has 0 aromatic heterocycles. The van der Waals surface area contributed by atoms with Crippen molar-refractivity contribution in [2.75, 3.05) is 0 Å². The molecule has 0 fully saturated rings. The number of esters is 1. The van der Waals surface area contributed by atoms with Gasteiger partial charge in [-0.1, -0.05) is 25.1 Å². The van der Waals surface area contributed by atoms with E-state index in [1.165, 1.54) is 6.07 Å². The van der Waals surface area contributed by atoms with Crippen LogP contribution in [0.4, 0.5) is 0 Å². The van der Waals surface area contributed by atoms with Crippen LogP contribution >= 0.6 is 0 Å². The molecule has 1 heterocycles. The molecule has 21 heavy (non-hydrogen) atoms. The maximum atomic E-state index is 12.5. The van der Waals surface area contributed by atoms with Gasteiger partial charge in [-0.15, -0.1) is 0 Å². The fourth-order valence-electron chi connectivity index (χ4n) is 2.85. The van der Waals surface area contributed by atoms with Crippen molar-refractivity contribution in [2.24, 2.45) is 0 Å². The van der Waals surface area contributed by atoms with E-state index in [9.17, 15) is 15.0 Å². The molecule has 4 heteroatoms. The highest BCUT2D eigenvalue weighted by molar-refractivity contribution is 5.87. The average molecular weight is 284 g/mol. The van der Waals surface area contributed by atoms with Crippen LogP contribution in [0, 0.1) is 0 Å². The third kappa shape index (κ3) is 2.13. The summed E-state index contributed by atoms with van der Waals surface area (Å²) in [5.74, 6) is 0.339. The highest BCUT2D eigenvalue weighted by atomic mass is 16.5. The van der Waals surface area contributed by atoms with Gasteiger partial charge < -0.3 is 14.9 Å². The normalized spacial score (nSPS) is 20.7. The number of hydrogen-bond donors (Lipinski definition) is 2. The van der Waals surface area contributed by atoms with Crippen molar-refractivity contribution in [1.82, 2.24) is 0 Å². The number of benzene rings is 2. The van der Waals surface area contributed by atoms with Gasteiger partial charge >= 0.3 is 5.97 Å². The van der Waals surface area contributed by atoms with E-state index < -0.39 is 5.41 Å². The Morgan fingerprint density at radius 3 is 2.43 bits per heavy atom. The topological polar surface area (TPSA) is 66.8 Å². The second kappa shape index (κ2) is 4.81. The molecule has 1 atom stereocenters. The Labute approximate surface area is 122 Å². The summed E-state index contributed by atoms with van der Waals surface area (Å²) in [7, 11) is 0. The van der Waals surface area contributed by atoms with Crippen LogP contribution in [-0.2, 0) is 16.6 Å². The molecule has 0 bridgehead atoms. The van der Waals surface area contributed by atoms with Crippen molar-refractivity contribution in [3.05, 3.63) is 53.6 Å². The van der Waals surface area contributed by atoms with Gasteiger partial charge in [0, 0.05) is 6.07 Å². The zero-order valence-corrected chi connectivity index (χ0v) is 11.7. The smallest absolute Gasteiger partial charge is 0.322 e. The van der Waals surface area contributed by atoms with Gasteiger partial charge in [-0.05, 0) is 42.2 Å². The van der Waals surface area contributed by atoms with E-state index in [4.69, 9.17) is 4.74 Å². The third-order valence-corrected chi connectivity index (χ3v) is 4.16. The Balaban J connectivity index is 2.09. The van der Waals surface area contributed by atoms with Gasteiger partial charge in [0.1, 0.15) is 17.2 Å². The molecule has 3 rings (SSSR count). The van der Waals surface area contributed by atoms with E-state index in [1.807, 2.05) is 6.92 Å². The molecule has 4 nitrogen and oxygen atoms in total. The molecule has 2 aromatic carbocycles. The number of fused-ring (bicyclic) bond motifs is 1. The van der Waals surface area contributed by atoms with Crippen LogP contribution in [-0.4, -0.2) is 16.2 Å². The van der Waals surface area contributed by atoms with Gasteiger partial charge in [0.05, 0.1) is 5.41 Å². The molecule has 0 radical (unpaired) electrons.